The molecule has 0 saturated heterocycles. The van der Waals surface area contributed by atoms with Gasteiger partial charge in [0.1, 0.15) is 13.2 Å². The van der Waals surface area contributed by atoms with Crippen LogP contribution in [-0.2, 0) is 28.6 Å². The number of carbonyl (C=O) groups is 3. The monoisotopic (exact) mass is 835 g/mol. The van der Waals surface area contributed by atoms with Gasteiger partial charge < -0.3 is 14.2 Å². The summed E-state index contributed by atoms with van der Waals surface area (Å²) >= 11 is 0. The number of unbranched alkanes of at least 4 members (excludes halogenated alkanes) is 31. The Kier molecular flexibility index (Phi) is 44.7. The fraction of sp³-hybridized carbons (Fsp3) is 0.943. The van der Waals surface area contributed by atoms with Crippen LogP contribution in [-0.4, -0.2) is 37.2 Å². The van der Waals surface area contributed by atoms with Crippen LogP contribution >= 0.6 is 0 Å². The summed E-state index contributed by atoms with van der Waals surface area (Å²) < 4.78 is 16.8. The fourth-order valence-corrected chi connectivity index (χ4v) is 7.96. The number of hydrogen-bond donors (Lipinski definition) is 0. The van der Waals surface area contributed by atoms with E-state index in [4.69, 9.17) is 14.2 Å². The second-order valence-corrected chi connectivity index (χ2v) is 18.9. The first-order valence-electron chi connectivity index (χ1n) is 26.3. The third-order valence-corrected chi connectivity index (χ3v) is 12.3. The van der Waals surface area contributed by atoms with Crippen molar-refractivity contribution in [1.29, 1.82) is 0 Å². The number of carbonyl (C=O) groups excluding carboxylic acids is 3. The highest BCUT2D eigenvalue weighted by atomic mass is 16.6. The Morgan fingerprint density at radius 2 is 0.644 bits per heavy atom. The summed E-state index contributed by atoms with van der Waals surface area (Å²) in [5.74, 6) is 0.767. The van der Waals surface area contributed by atoms with Gasteiger partial charge in [-0.15, -0.1) is 0 Å². The summed E-state index contributed by atoms with van der Waals surface area (Å²) in [6.45, 7) is 11.3. The van der Waals surface area contributed by atoms with Crippen LogP contribution in [0, 0.1) is 11.8 Å². The smallest absolute Gasteiger partial charge is 0.306 e. The van der Waals surface area contributed by atoms with E-state index in [9.17, 15) is 14.4 Å². The van der Waals surface area contributed by atoms with Gasteiger partial charge >= 0.3 is 17.9 Å². The molecule has 0 aliphatic carbocycles. The molecule has 0 heterocycles. The van der Waals surface area contributed by atoms with Crippen LogP contribution in [0.2, 0.25) is 0 Å². The lowest BCUT2D eigenvalue weighted by Crippen LogP contribution is -2.30. The molecule has 0 spiro atoms. The summed E-state index contributed by atoms with van der Waals surface area (Å²) in [7, 11) is 0. The number of rotatable bonds is 47. The minimum absolute atomic E-state index is 0.0647. The van der Waals surface area contributed by atoms with Crippen molar-refractivity contribution in [3.05, 3.63) is 0 Å². The molecule has 59 heavy (non-hydrogen) atoms. The molecule has 0 aromatic carbocycles. The molecule has 0 bridgehead atoms. The zero-order valence-corrected chi connectivity index (χ0v) is 40.4. The van der Waals surface area contributed by atoms with E-state index < -0.39 is 6.10 Å². The number of hydrogen-bond acceptors (Lipinski definition) is 6. The van der Waals surface area contributed by atoms with E-state index in [-0.39, 0.29) is 31.1 Å². The molecule has 6 nitrogen and oxygen atoms in total. The van der Waals surface area contributed by atoms with Crippen molar-refractivity contribution < 1.29 is 28.6 Å². The van der Waals surface area contributed by atoms with Gasteiger partial charge in [0.25, 0.3) is 0 Å². The van der Waals surface area contributed by atoms with Crippen LogP contribution in [0.15, 0.2) is 0 Å². The van der Waals surface area contributed by atoms with Gasteiger partial charge in [-0.3, -0.25) is 14.4 Å². The Labute approximate surface area is 368 Å². The molecule has 0 aromatic heterocycles. The lowest BCUT2D eigenvalue weighted by Gasteiger charge is -2.18. The van der Waals surface area contributed by atoms with E-state index in [0.717, 1.165) is 69.6 Å². The molecule has 0 aliphatic rings. The Hall–Kier alpha value is -1.59. The molecule has 1 unspecified atom stereocenters. The van der Waals surface area contributed by atoms with Gasteiger partial charge in [-0.25, -0.2) is 0 Å². The predicted octanol–water partition coefficient (Wildman–Crippen LogP) is 16.9. The molecule has 2 atom stereocenters. The lowest BCUT2D eigenvalue weighted by molar-refractivity contribution is -0.167. The van der Waals surface area contributed by atoms with Gasteiger partial charge in [-0.05, 0) is 31.1 Å². The Balaban J connectivity index is 4.24. The minimum atomic E-state index is -0.762. The standard InChI is InChI=1S/C53H102O6/c1-6-8-9-10-11-12-13-14-15-16-17-18-19-20-21-24-27-33-38-43-51(54)57-46-50(47-58-52(55)44-39-34-30-29-32-37-42-49(5)7-2)59-53(56)45-40-35-28-25-22-23-26-31-36-41-48(3)4/h48-50H,6-47H2,1-5H3/t49?,50-/m1/s1. The third kappa shape index (κ3) is 45.8. The fourth-order valence-electron chi connectivity index (χ4n) is 7.96. The lowest BCUT2D eigenvalue weighted by atomic mass is 10.00. The quantitative estimate of drug-likeness (QED) is 0.0345. The average Bonchev–Trinajstić information content (AvgIpc) is 3.22. The van der Waals surface area contributed by atoms with Gasteiger partial charge in [0.05, 0.1) is 0 Å². The minimum Gasteiger partial charge on any atom is -0.462 e. The maximum Gasteiger partial charge on any atom is 0.306 e. The average molecular weight is 835 g/mol. The van der Waals surface area contributed by atoms with Crippen molar-refractivity contribution in [2.75, 3.05) is 13.2 Å². The van der Waals surface area contributed by atoms with Crippen LogP contribution in [0.5, 0.6) is 0 Å². The summed E-state index contributed by atoms with van der Waals surface area (Å²) in [5, 5.41) is 0. The Morgan fingerprint density at radius 1 is 0.356 bits per heavy atom. The first-order chi connectivity index (χ1) is 28.8. The molecule has 0 aromatic rings. The molecule has 0 N–H and O–H groups in total. The molecular formula is C53H102O6. The van der Waals surface area contributed by atoms with E-state index in [0.29, 0.717) is 19.3 Å². The molecule has 0 amide bonds. The molecular weight excluding hydrogens is 733 g/mol. The van der Waals surface area contributed by atoms with Gasteiger partial charge in [0.2, 0.25) is 0 Å². The van der Waals surface area contributed by atoms with Crippen molar-refractivity contribution in [3.8, 4) is 0 Å². The van der Waals surface area contributed by atoms with Crippen LogP contribution in [0.1, 0.15) is 291 Å². The maximum absolute atomic E-state index is 12.8. The largest absolute Gasteiger partial charge is 0.462 e. The normalized spacial score (nSPS) is 12.5. The zero-order chi connectivity index (χ0) is 43.3. The SMILES string of the molecule is CCCCCCCCCCCCCCCCCCCCCC(=O)OC[C@H](COC(=O)CCCCCCCCC(C)CC)OC(=O)CCCCCCCCCCCC(C)C. The van der Waals surface area contributed by atoms with Crippen LogP contribution < -0.4 is 0 Å². The van der Waals surface area contributed by atoms with Crippen molar-refractivity contribution in [2.24, 2.45) is 11.8 Å². The number of esters is 3. The summed E-state index contributed by atoms with van der Waals surface area (Å²) in [6.07, 6.45) is 46.7. The molecule has 0 saturated carbocycles. The van der Waals surface area contributed by atoms with E-state index in [1.807, 2.05) is 0 Å². The Bertz CT molecular complexity index is 902. The molecule has 0 fully saturated rings. The summed E-state index contributed by atoms with van der Waals surface area (Å²) in [6, 6.07) is 0. The summed E-state index contributed by atoms with van der Waals surface area (Å²) in [5.41, 5.74) is 0. The molecule has 350 valence electrons. The molecule has 6 heteroatoms. The highest BCUT2D eigenvalue weighted by molar-refractivity contribution is 5.71. The van der Waals surface area contributed by atoms with Crippen molar-refractivity contribution in [1.82, 2.24) is 0 Å². The van der Waals surface area contributed by atoms with E-state index in [2.05, 4.69) is 34.6 Å². The van der Waals surface area contributed by atoms with Crippen LogP contribution in [0.3, 0.4) is 0 Å². The predicted molar refractivity (Wildman–Crippen MR) is 252 cm³/mol. The zero-order valence-electron chi connectivity index (χ0n) is 40.4. The topological polar surface area (TPSA) is 78.9 Å². The Morgan fingerprint density at radius 3 is 0.966 bits per heavy atom. The van der Waals surface area contributed by atoms with Gasteiger partial charge in [0.15, 0.2) is 6.10 Å². The van der Waals surface area contributed by atoms with E-state index >= 15 is 0 Å². The highest BCUT2D eigenvalue weighted by Crippen LogP contribution is 2.18. The maximum atomic E-state index is 12.8. The molecule has 0 rings (SSSR count). The highest BCUT2D eigenvalue weighted by Gasteiger charge is 2.19. The summed E-state index contributed by atoms with van der Waals surface area (Å²) in [4.78, 5) is 37.9. The second-order valence-electron chi connectivity index (χ2n) is 18.9. The van der Waals surface area contributed by atoms with E-state index in [1.165, 1.54) is 180 Å². The van der Waals surface area contributed by atoms with Gasteiger partial charge in [0, 0.05) is 19.3 Å². The van der Waals surface area contributed by atoms with Gasteiger partial charge in [-0.1, -0.05) is 253 Å². The first-order valence-corrected chi connectivity index (χ1v) is 26.3. The van der Waals surface area contributed by atoms with Crippen molar-refractivity contribution in [3.63, 3.8) is 0 Å². The van der Waals surface area contributed by atoms with Gasteiger partial charge in [-0.2, -0.15) is 0 Å². The third-order valence-electron chi connectivity index (χ3n) is 12.3. The van der Waals surface area contributed by atoms with Crippen molar-refractivity contribution >= 4 is 17.9 Å². The second kappa shape index (κ2) is 45.9. The van der Waals surface area contributed by atoms with E-state index in [1.54, 1.807) is 0 Å². The van der Waals surface area contributed by atoms with Crippen LogP contribution in [0.4, 0.5) is 0 Å². The van der Waals surface area contributed by atoms with Crippen LogP contribution in [0.25, 0.3) is 0 Å². The van der Waals surface area contributed by atoms with Crippen molar-refractivity contribution in [2.45, 2.75) is 298 Å². The molecule has 0 radical (unpaired) electrons. The first kappa shape index (κ1) is 57.4. The molecule has 0 aliphatic heterocycles. The number of ether oxygens (including phenoxy) is 3.